The van der Waals surface area contributed by atoms with Crippen molar-refractivity contribution >= 4 is 5.96 Å². The molecule has 6 heteroatoms. The van der Waals surface area contributed by atoms with E-state index in [4.69, 9.17) is 4.74 Å². The number of morpholine rings is 1. The van der Waals surface area contributed by atoms with Crippen molar-refractivity contribution in [2.45, 2.75) is 26.2 Å². The highest BCUT2D eigenvalue weighted by Crippen LogP contribution is 2.10. The monoisotopic (exact) mass is 350 g/mol. The number of unbranched alkanes of at least 4 members (excludes halogenated alkanes) is 1. The fourth-order valence-electron chi connectivity index (χ4n) is 2.97. The zero-order valence-corrected chi connectivity index (χ0v) is 15.5. The summed E-state index contributed by atoms with van der Waals surface area (Å²) in [6.07, 6.45) is 3.15. The number of hydrogen-bond acceptors (Lipinski definition) is 3. The van der Waals surface area contributed by atoms with Gasteiger partial charge in [0.05, 0.1) is 13.2 Å². The molecule has 2 rings (SSSR count). The number of rotatable bonds is 8. The molecule has 2 N–H and O–H groups in total. The predicted molar refractivity (Wildman–Crippen MR) is 101 cm³/mol. The average Bonchev–Trinajstić information content (AvgIpc) is 2.62. The summed E-state index contributed by atoms with van der Waals surface area (Å²) in [7, 11) is 1.78. The minimum Gasteiger partial charge on any atom is -0.379 e. The molecular formula is C19H31FN4O. The van der Waals surface area contributed by atoms with E-state index in [0.29, 0.717) is 0 Å². The van der Waals surface area contributed by atoms with E-state index in [1.54, 1.807) is 13.1 Å². The van der Waals surface area contributed by atoms with Gasteiger partial charge in [-0.1, -0.05) is 6.07 Å². The molecule has 0 amide bonds. The van der Waals surface area contributed by atoms with Crippen molar-refractivity contribution in [1.29, 1.82) is 0 Å². The second kappa shape index (κ2) is 11.1. The summed E-state index contributed by atoms with van der Waals surface area (Å²) in [5.41, 5.74) is 2.16. The van der Waals surface area contributed by atoms with Crippen molar-refractivity contribution in [3.05, 3.63) is 35.1 Å². The minimum absolute atomic E-state index is 0.177. The lowest BCUT2D eigenvalue weighted by atomic mass is 10.1. The third-order valence-electron chi connectivity index (χ3n) is 4.51. The molecule has 1 heterocycles. The SMILES string of the molecule is CN=C(NCCCCN1CCOCC1)NCCc1ccc(F)cc1C. The molecule has 0 aromatic heterocycles. The number of halogens is 1. The largest absolute Gasteiger partial charge is 0.379 e. The first kappa shape index (κ1) is 19.7. The smallest absolute Gasteiger partial charge is 0.190 e. The number of aryl methyl sites for hydroxylation is 1. The lowest BCUT2D eigenvalue weighted by Gasteiger charge is -2.26. The van der Waals surface area contributed by atoms with Crippen LogP contribution in [0, 0.1) is 12.7 Å². The van der Waals surface area contributed by atoms with Gasteiger partial charge in [-0.05, 0) is 56.0 Å². The molecule has 1 saturated heterocycles. The highest BCUT2D eigenvalue weighted by atomic mass is 19.1. The third kappa shape index (κ3) is 7.40. The van der Waals surface area contributed by atoms with Crippen LogP contribution in [0.4, 0.5) is 4.39 Å². The Kier molecular flexibility index (Phi) is 8.69. The first-order valence-corrected chi connectivity index (χ1v) is 9.18. The topological polar surface area (TPSA) is 48.9 Å². The van der Waals surface area contributed by atoms with Crippen LogP contribution >= 0.6 is 0 Å². The highest BCUT2D eigenvalue weighted by Gasteiger charge is 2.09. The summed E-state index contributed by atoms with van der Waals surface area (Å²) in [5, 5.41) is 6.67. The first-order valence-electron chi connectivity index (χ1n) is 9.18. The zero-order chi connectivity index (χ0) is 17.9. The maximum absolute atomic E-state index is 13.1. The second-order valence-corrected chi connectivity index (χ2v) is 6.41. The summed E-state index contributed by atoms with van der Waals surface area (Å²) in [5.74, 6) is 0.648. The highest BCUT2D eigenvalue weighted by molar-refractivity contribution is 5.79. The lowest BCUT2D eigenvalue weighted by Crippen LogP contribution is -2.39. The fraction of sp³-hybridized carbons (Fsp3) is 0.632. The Balaban J connectivity index is 1.57. The maximum atomic E-state index is 13.1. The molecule has 0 atom stereocenters. The van der Waals surface area contributed by atoms with Gasteiger partial charge in [-0.25, -0.2) is 4.39 Å². The summed E-state index contributed by atoms with van der Waals surface area (Å²) < 4.78 is 18.5. The number of nitrogens with one attached hydrogen (secondary N) is 2. The van der Waals surface area contributed by atoms with Crippen molar-refractivity contribution in [2.24, 2.45) is 4.99 Å². The van der Waals surface area contributed by atoms with Crippen molar-refractivity contribution in [2.75, 3.05) is 53.0 Å². The Bertz CT molecular complexity index is 544. The molecule has 0 aliphatic carbocycles. The molecule has 0 bridgehead atoms. The summed E-state index contributed by atoms with van der Waals surface area (Å²) in [6, 6.07) is 4.95. The van der Waals surface area contributed by atoms with E-state index in [1.807, 2.05) is 13.0 Å². The van der Waals surface area contributed by atoms with Crippen molar-refractivity contribution in [3.63, 3.8) is 0 Å². The minimum atomic E-state index is -0.177. The normalized spacial score (nSPS) is 16.0. The van der Waals surface area contributed by atoms with Gasteiger partial charge in [0.15, 0.2) is 5.96 Å². The fourth-order valence-corrected chi connectivity index (χ4v) is 2.97. The molecule has 1 aliphatic rings. The Labute approximate surface area is 150 Å². The van der Waals surface area contributed by atoms with E-state index >= 15 is 0 Å². The Morgan fingerprint density at radius 3 is 2.68 bits per heavy atom. The average molecular weight is 350 g/mol. The molecule has 140 valence electrons. The van der Waals surface area contributed by atoms with Crippen LogP contribution in [0.1, 0.15) is 24.0 Å². The van der Waals surface area contributed by atoms with E-state index in [0.717, 1.165) is 75.9 Å². The molecule has 25 heavy (non-hydrogen) atoms. The van der Waals surface area contributed by atoms with Crippen molar-refractivity contribution in [3.8, 4) is 0 Å². The van der Waals surface area contributed by atoms with Crippen LogP contribution in [-0.4, -0.2) is 63.8 Å². The number of aliphatic imine (C=N–C) groups is 1. The molecule has 0 radical (unpaired) electrons. The van der Waals surface area contributed by atoms with Crippen LogP contribution in [0.25, 0.3) is 0 Å². The van der Waals surface area contributed by atoms with Gasteiger partial charge in [0.25, 0.3) is 0 Å². The van der Waals surface area contributed by atoms with Gasteiger partial charge < -0.3 is 15.4 Å². The lowest BCUT2D eigenvalue weighted by molar-refractivity contribution is 0.0372. The first-order chi connectivity index (χ1) is 12.2. The summed E-state index contributed by atoms with van der Waals surface area (Å²) in [6.45, 7) is 8.62. The molecule has 1 aliphatic heterocycles. The van der Waals surface area contributed by atoms with E-state index in [9.17, 15) is 4.39 Å². The van der Waals surface area contributed by atoms with Gasteiger partial charge in [0.2, 0.25) is 0 Å². The Morgan fingerprint density at radius 1 is 1.20 bits per heavy atom. The van der Waals surface area contributed by atoms with Gasteiger partial charge in [0.1, 0.15) is 5.82 Å². The number of benzene rings is 1. The molecule has 0 spiro atoms. The Hall–Kier alpha value is -1.66. The summed E-state index contributed by atoms with van der Waals surface area (Å²) in [4.78, 5) is 6.71. The van der Waals surface area contributed by atoms with Crippen molar-refractivity contribution in [1.82, 2.24) is 15.5 Å². The number of nitrogens with zero attached hydrogens (tertiary/aromatic N) is 2. The van der Waals surface area contributed by atoms with E-state index < -0.39 is 0 Å². The Morgan fingerprint density at radius 2 is 1.96 bits per heavy atom. The molecule has 1 aromatic carbocycles. The zero-order valence-electron chi connectivity index (χ0n) is 15.5. The summed E-state index contributed by atoms with van der Waals surface area (Å²) >= 11 is 0. The second-order valence-electron chi connectivity index (χ2n) is 6.41. The van der Waals surface area contributed by atoms with Crippen LogP contribution in [0.2, 0.25) is 0 Å². The molecule has 1 aromatic rings. The molecular weight excluding hydrogens is 319 g/mol. The van der Waals surface area contributed by atoms with Gasteiger partial charge in [-0.15, -0.1) is 0 Å². The van der Waals surface area contributed by atoms with Crippen LogP contribution in [-0.2, 0) is 11.2 Å². The maximum Gasteiger partial charge on any atom is 0.190 e. The predicted octanol–water partition coefficient (Wildman–Crippen LogP) is 1.95. The van der Waals surface area contributed by atoms with Crippen LogP contribution in [0.15, 0.2) is 23.2 Å². The van der Waals surface area contributed by atoms with Gasteiger partial charge in [-0.3, -0.25) is 9.89 Å². The van der Waals surface area contributed by atoms with E-state index in [1.165, 1.54) is 12.5 Å². The van der Waals surface area contributed by atoms with E-state index in [-0.39, 0.29) is 5.82 Å². The van der Waals surface area contributed by atoms with Crippen LogP contribution in [0.3, 0.4) is 0 Å². The number of guanidine groups is 1. The van der Waals surface area contributed by atoms with E-state index in [2.05, 4.69) is 20.5 Å². The molecule has 0 saturated carbocycles. The van der Waals surface area contributed by atoms with Crippen molar-refractivity contribution < 1.29 is 9.13 Å². The van der Waals surface area contributed by atoms with Gasteiger partial charge >= 0.3 is 0 Å². The molecule has 0 unspecified atom stereocenters. The molecule has 1 fully saturated rings. The quantitative estimate of drug-likeness (QED) is 0.427. The number of hydrogen-bond donors (Lipinski definition) is 2. The number of ether oxygens (including phenoxy) is 1. The standard InChI is InChI=1S/C19H31FN4O/c1-16-15-18(20)6-5-17(16)7-9-23-19(21-2)22-8-3-4-10-24-11-13-25-14-12-24/h5-6,15H,3-4,7-14H2,1-2H3,(H2,21,22,23). The van der Waals surface area contributed by atoms with Crippen LogP contribution < -0.4 is 10.6 Å². The van der Waals surface area contributed by atoms with Gasteiger partial charge in [-0.2, -0.15) is 0 Å². The molecule has 5 nitrogen and oxygen atoms in total. The van der Waals surface area contributed by atoms with Gasteiger partial charge in [0, 0.05) is 33.2 Å². The van der Waals surface area contributed by atoms with Crippen LogP contribution in [0.5, 0.6) is 0 Å². The third-order valence-corrected chi connectivity index (χ3v) is 4.51.